The lowest BCUT2D eigenvalue weighted by molar-refractivity contribution is 0.0949. The molecule has 2 aromatic carbocycles. The Kier molecular flexibility index (Phi) is 6.98. The molecule has 0 atom stereocenters. The predicted octanol–water partition coefficient (Wildman–Crippen LogP) is 2.93. The van der Waals surface area contributed by atoms with Gasteiger partial charge in [0.2, 0.25) is 0 Å². The van der Waals surface area contributed by atoms with Gasteiger partial charge >= 0.3 is 0 Å². The molecule has 0 fully saturated rings. The topological polar surface area (TPSA) is 86.5 Å². The Bertz CT molecular complexity index is 886. The molecule has 1 amide bonds. The zero-order chi connectivity index (χ0) is 19.6. The molecule has 3 aromatic rings. The molecule has 0 aliphatic carbocycles. The molecule has 0 aliphatic rings. The van der Waals surface area contributed by atoms with Gasteiger partial charge in [-0.05, 0) is 11.1 Å². The zero-order valence-electron chi connectivity index (χ0n) is 15.5. The van der Waals surface area contributed by atoms with Crippen molar-refractivity contribution in [2.24, 2.45) is 5.73 Å². The maximum absolute atomic E-state index is 12.2. The van der Waals surface area contributed by atoms with Gasteiger partial charge in [-0.1, -0.05) is 60.7 Å². The summed E-state index contributed by atoms with van der Waals surface area (Å²) in [4.78, 5) is 16.4. The lowest BCUT2D eigenvalue weighted by atomic mass is 10.2. The molecule has 0 saturated heterocycles. The molecule has 0 bridgehead atoms. The van der Waals surface area contributed by atoms with E-state index in [-0.39, 0.29) is 11.6 Å². The molecule has 0 aliphatic heterocycles. The van der Waals surface area contributed by atoms with Crippen LogP contribution in [0.4, 0.5) is 0 Å². The number of pyridine rings is 1. The number of benzene rings is 2. The minimum Gasteiger partial charge on any atom is -0.485 e. The number of carbonyl (C=O) groups excluding carboxylic acids is 1. The summed E-state index contributed by atoms with van der Waals surface area (Å²) in [7, 11) is 0. The number of hydrogen-bond donors (Lipinski definition) is 2. The minimum absolute atomic E-state index is 0.253. The maximum Gasteiger partial charge on any atom is 0.270 e. The summed E-state index contributed by atoms with van der Waals surface area (Å²) < 4.78 is 11.8. The van der Waals surface area contributed by atoms with E-state index in [2.05, 4.69) is 10.3 Å². The van der Waals surface area contributed by atoms with Crippen molar-refractivity contribution in [3.8, 4) is 11.5 Å². The van der Waals surface area contributed by atoms with Gasteiger partial charge in [0.05, 0.1) is 6.20 Å². The number of hydrogen-bond acceptors (Lipinski definition) is 5. The summed E-state index contributed by atoms with van der Waals surface area (Å²) >= 11 is 0. The second kappa shape index (κ2) is 10.1. The van der Waals surface area contributed by atoms with Crippen LogP contribution >= 0.6 is 0 Å². The van der Waals surface area contributed by atoms with Crippen molar-refractivity contribution in [1.82, 2.24) is 10.3 Å². The number of nitrogens with two attached hydrogens (primary N) is 1. The van der Waals surface area contributed by atoms with E-state index in [4.69, 9.17) is 15.2 Å². The Balaban J connectivity index is 1.77. The average Bonchev–Trinajstić information content (AvgIpc) is 2.76. The van der Waals surface area contributed by atoms with Crippen molar-refractivity contribution >= 4 is 5.91 Å². The lowest BCUT2D eigenvalue weighted by Gasteiger charge is -2.14. The predicted molar refractivity (Wildman–Crippen MR) is 107 cm³/mol. The van der Waals surface area contributed by atoms with E-state index in [1.807, 2.05) is 60.7 Å². The standard InChI is InChI=1S/C22H23N3O3/c23-11-12-24-22(26)19-13-20(27-15-17-7-3-1-4-8-17)21(14-25-19)28-16-18-9-5-2-6-10-18/h1-10,13-14H,11-12,15-16,23H2,(H,24,26). The molecule has 0 saturated carbocycles. The van der Waals surface area contributed by atoms with Crippen molar-refractivity contribution in [3.05, 3.63) is 89.7 Å². The third kappa shape index (κ3) is 5.56. The highest BCUT2D eigenvalue weighted by atomic mass is 16.5. The van der Waals surface area contributed by atoms with Crippen LogP contribution in [-0.4, -0.2) is 24.0 Å². The van der Waals surface area contributed by atoms with Crippen LogP contribution in [-0.2, 0) is 13.2 Å². The van der Waals surface area contributed by atoms with E-state index in [1.54, 1.807) is 6.07 Å². The molecule has 28 heavy (non-hydrogen) atoms. The number of carbonyl (C=O) groups is 1. The van der Waals surface area contributed by atoms with Crippen LogP contribution in [0.5, 0.6) is 11.5 Å². The van der Waals surface area contributed by atoms with Crippen molar-refractivity contribution in [2.45, 2.75) is 13.2 Å². The SMILES string of the molecule is NCCNC(=O)c1cc(OCc2ccccc2)c(OCc2ccccc2)cn1. The molecule has 3 rings (SSSR count). The van der Waals surface area contributed by atoms with Crippen molar-refractivity contribution < 1.29 is 14.3 Å². The van der Waals surface area contributed by atoms with Gasteiger partial charge in [-0.15, -0.1) is 0 Å². The van der Waals surface area contributed by atoms with Gasteiger partial charge in [-0.2, -0.15) is 0 Å². The summed E-state index contributed by atoms with van der Waals surface area (Å²) in [5, 5.41) is 2.70. The van der Waals surface area contributed by atoms with E-state index in [0.29, 0.717) is 37.8 Å². The number of aromatic nitrogens is 1. The van der Waals surface area contributed by atoms with Crippen LogP contribution in [0.25, 0.3) is 0 Å². The lowest BCUT2D eigenvalue weighted by Crippen LogP contribution is -2.29. The van der Waals surface area contributed by atoms with Gasteiger partial charge in [0.15, 0.2) is 11.5 Å². The zero-order valence-corrected chi connectivity index (χ0v) is 15.5. The van der Waals surface area contributed by atoms with Crippen LogP contribution < -0.4 is 20.5 Å². The molecular formula is C22H23N3O3. The highest BCUT2D eigenvalue weighted by molar-refractivity contribution is 5.92. The maximum atomic E-state index is 12.2. The Morgan fingerprint density at radius 3 is 2.04 bits per heavy atom. The molecule has 0 spiro atoms. The van der Waals surface area contributed by atoms with Crippen LogP contribution in [0.3, 0.4) is 0 Å². The molecule has 1 heterocycles. The van der Waals surface area contributed by atoms with Crippen molar-refractivity contribution in [1.29, 1.82) is 0 Å². The Hall–Kier alpha value is -3.38. The third-order valence-corrected chi connectivity index (χ3v) is 3.97. The van der Waals surface area contributed by atoms with E-state index < -0.39 is 0 Å². The fraction of sp³-hybridized carbons (Fsp3) is 0.182. The Morgan fingerprint density at radius 2 is 1.46 bits per heavy atom. The molecular weight excluding hydrogens is 354 g/mol. The van der Waals surface area contributed by atoms with Gasteiger partial charge < -0.3 is 20.5 Å². The molecule has 6 nitrogen and oxygen atoms in total. The number of nitrogens with one attached hydrogen (secondary N) is 1. The summed E-state index contributed by atoms with van der Waals surface area (Å²) in [5.74, 6) is 0.646. The Labute approximate surface area is 164 Å². The van der Waals surface area contributed by atoms with Crippen molar-refractivity contribution in [3.63, 3.8) is 0 Å². The van der Waals surface area contributed by atoms with Crippen molar-refractivity contribution in [2.75, 3.05) is 13.1 Å². The molecule has 6 heteroatoms. The van der Waals surface area contributed by atoms with E-state index in [0.717, 1.165) is 11.1 Å². The molecule has 0 radical (unpaired) electrons. The van der Waals surface area contributed by atoms with E-state index >= 15 is 0 Å². The van der Waals surface area contributed by atoms with Crippen LogP contribution in [0.2, 0.25) is 0 Å². The van der Waals surface area contributed by atoms with Gasteiger partial charge in [-0.25, -0.2) is 4.98 Å². The largest absolute Gasteiger partial charge is 0.485 e. The quantitative estimate of drug-likeness (QED) is 0.599. The van der Waals surface area contributed by atoms with E-state index in [1.165, 1.54) is 6.20 Å². The fourth-order valence-electron chi connectivity index (χ4n) is 2.52. The first-order valence-corrected chi connectivity index (χ1v) is 9.08. The first-order chi connectivity index (χ1) is 13.8. The molecule has 1 aromatic heterocycles. The number of rotatable bonds is 9. The molecule has 3 N–H and O–H groups in total. The van der Waals surface area contributed by atoms with E-state index in [9.17, 15) is 4.79 Å². The molecule has 0 unspecified atom stereocenters. The first kappa shape index (κ1) is 19.4. The van der Waals surface area contributed by atoms with Crippen LogP contribution in [0.15, 0.2) is 72.9 Å². The third-order valence-electron chi connectivity index (χ3n) is 3.97. The van der Waals surface area contributed by atoms with Crippen LogP contribution in [0, 0.1) is 0 Å². The second-order valence-corrected chi connectivity index (χ2v) is 6.11. The van der Waals surface area contributed by atoms with Gasteiger partial charge in [-0.3, -0.25) is 4.79 Å². The summed E-state index contributed by atoms with van der Waals surface area (Å²) in [6.45, 7) is 1.48. The van der Waals surface area contributed by atoms with Crippen LogP contribution in [0.1, 0.15) is 21.6 Å². The Morgan fingerprint density at radius 1 is 0.893 bits per heavy atom. The van der Waals surface area contributed by atoms with Gasteiger partial charge in [0.1, 0.15) is 18.9 Å². The second-order valence-electron chi connectivity index (χ2n) is 6.11. The fourth-order valence-corrected chi connectivity index (χ4v) is 2.52. The molecule has 144 valence electrons. The monoisotopic (exact) mass is 377 g/mol. The normalized spacial score (nSPS) is 10.3. The smallest absolute Gasteiger partial charge is 0.270 e. The minimum atomic E-state index is -0.301. The number of nitrogens with zero attached hydrogens (tertiary/aromatic N) is 1. The van der Waals surface area contributed by atoms with Gasteiger partial charge in [0.25, 0.3) is 5.91 Å². The van der Waals surface area contributed by atoms with Gasteiger partial charge in [0, 0.05) is 19.2 Å². The summed E-state index contributed by atoms with van der Waals surface area (Å²) in [6.07, 6.45) is 1.51. The summed E-state index contributed by atoms with van der Waals surface area (Å²) in [6, 6.07) is 21.2. The average molecular weight is 377 g/mol. The highest BCUT2D eigenvalue weighted by Gasteiger charge is 2.13. The number of amides is 1. The summed E-state index contributed by atoms with van der Waals surface area (Å²) in [5.41, 5.74) is 7.73. The number of ether oxygens (including phenoxy) is 2. The first-order valence-electron chi connectivity index (χ1n) is 9.08. The highest BCUT2D eigenvalue weighted by Crippen LogP contribution is 2.28.